The highest BCUT2D eigenvalue weighted by Gasteiger charge is 2.36. The second-order valence-corrected chi connectivity index (χ2v) is 26.4. The van der Waals surface area contributed by atoms with Crippen LogP contribution in [0.5, 0.6) is 11.5 Å². The van der Waals surface area contributed by atoms with Crippen LogP contribution >= 0.6 is 0 Å². The van der Waals surface area contributed by atoms with Gasteiger partial charge < -0.3 is 30.3 Å². The third kappa shape index (κ3) is 21.6. The molecule has 502 valence electrons. The van der Waals surface area contributed by atoms with E-state index < -0.39 is 0 Å². The van der Waals surface area contributed by atoms with E-state index in [1.807, 2.05) is 48.5 Å². The lowest BCUT2D eigenvalue weighted by molar-refractivity contribution is -0.144. The second-order valence-electron chi connectivity index (χ2n) is 26.4. The van der Waals surface area contributed by atoms with Crippen molar-refractivity contribution < 1.29 is 48.5 Å². The van der Waals surface area contributed by atoms with Gasteiger partial charge in [0.15, 0.2) is 23.1 Å². The molecule has 0 heterocycles. The van der Waals surface area contributed by atoms with Gasteiger partial charge in [0.25, 0.3) is 0 Å². The maximum atomic E-state index is 13.5. The van der Waals surface area contributed by atoms with E-state index in [-0.39, 0.29) is 80.0 Å². The first-order chi connectivity index (χ1) is 45.9. The molecule has 0 amide bonds. The topological polar surface area (TPSA) is 185 Å². The van der Waals surface area contributed by atoms with E-state index >= 15 is 0 Å². The number of hydrogen-bond acceptors (Lipinski definition) is 12. The molecule has 2 unspecified atom stereocenters. The van der Waals surface area contributed by atoms with E-state index in [9.17, 15) is 39.0 Å². The van der Waals surface area contributed by atoms with Gasteiger partial charge in [-0.1, -0.05) is 266 Å². The largest absolute Gasteiger partial charge is 0.507 e. The Morgan fingerprint density at radius 1 is 0.351 bits per heavy atom. The zero-order chi connectivity index (χ0) is 66.3. The van der Waals surface area contributed by atoms with Crippen molar-refractivity contribution in [2.45, 2.75) is 232 Å². The quantitative estimate of drug-likeness (QED) is 0.0161. The van der Waals surface area contributed by atoms with Crippen LogP contribution in [-0.2, 0) is 31.9 Å². The number of phenolic OH excluding ortho intramolecular Hbond substituents is 2. The minimum atomic E-state index is -0.374. The maximum Gasteiger partial charge on any atom is 0.305 e. The van der Waals surface area contributed by atoms with Gasteiger partial charge in [0.1, 0.15) is 11.5 Å². The average molecular weight is 1280 g/mol. The number of unbranched alkanes of at least 4 members (excludes halogenated alkanes) is 22. The zero-order valence-electron chi connectivity index (χ0n) is 56.3. The van der Waals surface area contributed by atoms with E-state index in [1.165, 1.54) is 166 Å². The number of phenols is 2. The summed E-state index contributed by atoms with van der Waals surface area (Å²) in [4.78, 5) is 78.6. The molecule has 6 aromatic rings. The lowest BCUT2D eigenvalue weighted by Crippen LogP contribution is -2.22. The molecule has 0 saturated heterocycles. The van der Waals surface area contributed by atoms with Gasteiger partial charge in [-0.15, -0.1) is 0 Å². The number of carbonyl (C=O) groups is 6. The molecule has 0 spiro atoms. The molecule has 0 radical (unpaired) electrons. The van der Waals surface area contributed by atoms with Gasteiger partial charge in [0, 0.05) is 59.3 Å². The predicted molar refractivity (Wildman–Crippen MR) is 378 cm³/mol. The third-order valence-corrected chi connectivity index (χ3v) is 19.3. The predicted octanol–water partition coefficient (Wildman–Crippen LogP) is 20.8. The number of fused-ring (bicyclic) bond motifs is 4. The number of nitrogens with one attached hydrogen (secondary N) is 2. The SMILES string of the molecule is CCCCCCC(CCCCCCCCCCCC(=O)OCCc1ccc(Nc2ccc(O)c3c2C(=O)c2ccccc2C3=O)cc1)C(CCCCCC)CCCCCCCCCCCC(=O)OCCc1ccc(Nc2ccc(O)c3c2C(=O)c2ccccc2C3=O)cc1. The molecule has 12 nitrogen and oxygen atoms in total. The third-order valence-electron chi connectivity index (χ3n) is 19.3. The minimum Gasteiger partial charge on any atom is -0.507 e. The molecule has 12 heteroatoms. The van der Waals surface area contributed by atoms with Gasteiger partial charge in [0.2, 0.25) is 0 Å². The van der Waals surface area contributed by atoms with Crippen molar-refractivity contribution in [1.29, 1.82) is 0 Å². The summed E-state index contributed by atoms with van der Waals surface area (Å²) in [6.07, 6.45) is 40.2. The summed E-state index contributed by atoms with van der Waals surface area (Å²) >= 11 is 0. The number of hydrogen-bond donors (Lipinski definition) is 4. The Labute approximate surface area is 559 Å². The summed E-state index contributed by atoms with van der Waals surface area (Å²) in [5.74, 6) is -0.367. The standard InChI is InChI=1S/C82H104N2O10/c1-3-5-7-23-33-61(35-25-19-15-11-9-13-17-21-27-41-73(87)93-57-55-59-43-47-63(48-44-59)83-69-51-53-71(85)77-75(69)79(89)65-37-29-31-39-67(65)81(77)91)62(34-24-8-6-4-2)36-26-20-16-12-10-14-18-22-28-42-74(88)94-58-56-60-45-49-64(50-46-60)84-70-52-54-72(86)78-76(70)80(90)66-38-30-32-40-68(66)82(78)92/h29-32,37-40,43-54,61-62,83-86H,3-28,33-36,41-42,55-58H2,1-2H3. The van der Waals surface area contributed by atoms with E-state index in [2.05, 4.69) is 24.5 Å². The van der Waals surface area contributed by atoms with Crippen LogP contribution in [0.2, 0.25) is 0 Å². The van der Waals surface area contributed by atoms with Crippen LogP contribution in [0.4, 0.5) is 22.7 Å². The molecule has 2 aliphatic carbocycles. The van der Waals surface area contributed by atoms with Crippen molar-refractivity contribution in [3.8, 4) is 11.5 Å². The molecule has 0 aromatic heterocycles. The van der Waals surface area contributed by atoms with E-state index in [0.29, 0.717) is 61.4 Å². The molecule has 0 fully saturated rings. The highest BCUT2D eigenvalue weighted by atomic mass is 16.5. The zero-order valence-corrected chi connectivity index (χ0v) is 56.3. The van der Waals surface area contributed by atoms with Gasteiger partial charge in [-0.3, -0.25) is 28.8 Å². The fourth-order valence-electron chi connectivity index (χ4n) is 13.9. The van der Waals surface area contributed by atoms with Crippen LogP contribution in [-0.4, -0.2) is 58.5 Å². The van der Waals surface area contributed by atoms with Crippen molar-refractivity contribution >= 4 is 57.8 Å². The van der Waals surface area contributed by atoms with E-state index in [4.69, 9.17) is 9.47 Å². The fourth-order valence-corrected chi connectivity index (χ4v) is 13.9. The maximum absolute atomic E-state index is 13.5. The normalized spacial score (nSPS) is 13.0. The summed E-state index contributed by atoms with van der Waals surface area (Å²) in [6.45, 7) is 5.27. The molecule has 94 heavy (non-hydrogen) atoms. The molecule has 0 aliphatic heterocycles. The van der Waals surface area contributed by atoms with Gasteiger partial charge in [-0.05, 0) is 84.3 Å². The first-order valence-electron chi connectivity index (χ1n) is 36.1. The molecular weight excluding hydrogens is 1170 g/mol. The number of anilines is 4. The van der Waals surface area contributed by atoms with Gasteiger partial charge in [-0.25, -0.2) is 0 Å². The molecule has 4 N–H and O–H groups in total. The Kier molecular flexibility index (Phi) is 29.9. The van der Waals surface area contributed by atoms with E-state index in [1.54, 1.807) is 60.7 Å². The number of ether oxygens (including phenoxy) is 2. The molecule has 0 bridgehead atoms. The highest BCUT2D eigenvalue weighted by molar-refractivity contribution is 6.32. The Hall–Kier alpha value is -7.86. The number of ketones is 4. The van der Waals surface area contributed by atoms with Crippen LogP contribution in [0, 0.1) is 11.8 Å². The molecule has 8 rings (SSSR count). The number of esters is 2. The first kappa shape index (κ1) is 72.0. The van der Waals surface area contributed by atoms with Crippen LogP contribution in [0.3, 0.4) is 0 Å². The Morgan fingerprint density at radius 2 is 0.638 bits per heavy atom. The molecular formula is C82H104N2O10. The van der Waals surface area contributed by atoms with Crippen molar-refractivity contribution in [2.24, 2.45) is 11.8 Å². The van der Waals surface area contributed by atoms with Crippen molar-refractivity contribution in [3.05, 3.63) is 177 Å². The average Bonchev–Trinajstić information content (AvgIpc) is 0.755. The lowest BCUT2D eigenvalue weighted by atomic mass is 9.78. The molecule has 2 aliphatic rings. The number of rotatable bonds is 45. The Balaban J connectivity index is 0.626. The van der Waals surface area contributed by atoms with Crippen LogP contribution in [0.1, 0.15) is 294 Å². The minimum absolute atomic E-state index is 0.0155. The van der Waals surface area contributed by atoms with Crippen molar-refractivity contribution in [3.63, 3.8) is 0 Å². The van der Waals surface area contributed by atoms with Crippen LogP contribution < -0.4 is 10.6 Å². The summed E-state index contributed by atoms with van der Waals surface area (Å²) in [5.41, 5.74) is 5.97. The van der Waals surface area contributed by atoms with Crippen molar-refractivity contribution in [2.75, 3.05) is 23.8 Å². The van der Waals surface area contributed by atoms with Gasteiger partial charge in [-0.2, -0.15) is 0 Å². The summed E-state index contributed by atoms with van der Waals surface area (Å²) in [7, 11) is 0. The summed E-state index contributed by atoms with van der Waals surface area (Å²) in [6, 6.07) is 34.8. The van der Waals surface area contributed by atoms with Gasteiger partial charge in [0.05, 0.1) is 46.8 Å². The summed E-state index contributed by atoms with van der Waals surface area (Å²) in [5, 5.41) is 27.6. The lowest BCUT2D eigenvalue weighted by Gasteiger charge is -2.28. The number of benzene rings is 6. The fraction of sp³-hybridized carbons (Fsp3) is 0.488. The monoisotopic (exact) mass is 1280 g/mol. The summed E-state index contributed by atoms with van der Waals surface area (Å²) < 4.78 is 11.2. The smallest absolute Gasteiger partial charge is 0.305 e. The van der Waals surface area contributed by atoms with Crippen LogP contribution in [0.25, 0.3) is 0 Å². The van der Waals surface area contributed by atoms with E-state index in [0.717, 1.165) is 72.9 Å². The number of aromatic hydroxyl groups is 2. The van der Waals surface area contributed by atoms with Gasteiger partial charge >= 0.3 is 11.9 Å². The Bertz CT molecular complexity index is 3180. The second kappa shape index (κ2) is 39.1. The Morgan fingerprint density at radius 3 is 0.957 bits per heavy atom. The molecule has 0 saturated carbocycles. The number of carbonyl (C=O) groups excluding carboxylic acids is 6. The molecule has 6 aromatic carbocycles. The molecule has 2 atom stereocenters. The highest BCUT2D eigenvalue weighted by Crippen LogP contribution is 2.41. The first-order valence-corrected chi connectivity index (χ1v) is 36.1. The van der Waals surface area contributed by atoms with Crippen molar-refractivity contribution in [1.82, 2.24) is 0 Å². The van der Waals surface area contributed by atoms with Crippen LogP contribution in [0.15, 0.2) is 121 Å².